The summed E-state index contributed by atoms with van der Waals surface area (Å²) >= 11 is 0. The number of nitrogens with one attached hydrogen (secondary N) is 1. The fourth-order valence-electron chi connectivity index (χ4n) is 4.52. The number of hydrogen-bond donors (Lipinski definition) is 1. The van der Waals surface area contributed by atoms with E-state index in [1.54, 1.807) is 0 Å². The molecule has 2 aliphatic carbocycles. The highest BCUT2D eigenvalue weighted by Crippen LogP contribution is 2.23. The summed E-state index contributed by atoms with van der Waals surface area (Å²) in [4.78, 5) is 28.7. The molecule has 3 amide bonds. The Hall–Kier alpha value is -2.04. The standard InChI is InChI=1S/C21H29N3O2/c25-20(15-16-8-9-17-4-3-5-18(17)14-16)23-10-12-24(13-11-23)21(26)22-19-6-1-2-7-19/h8-9,14,19H,1-7,10-13,15H2,(H,22,26). The Labute approximate surface area is 155 Å². The van der Waals surface area contributed by atoms with Crippen LogP contribution < -0.4 is 5.32 Å². The van der Waals surface area contributed by atoms with Crippen molar-refractivity contribution in [2.75, 3.05) is 26.2 Å². The van der Waals surface area contributed by atoms with E-state index < -0.39 is 0 Å². The van der Waals surface area contributed by atoms with E-state index in [0.29, 0.717) is 38.6 Å². The van der Waals surface area contributed by atoms with Crippen molar-refractivity contribution in [3.8, 4) is 0 Å². The smallest absolute Gasteiger partial charge is 0.317 e. The van der Waals surface area contributed by atoms with Gasteiger partial charge >= 0.3 is 6.03 Å². The molecule has 0 unspecified atom stereocenters. The van der Waals surface area contributed by atoms with E-state index in [2.05, 4.69) is 23.5 Å². The summed E-state index contributed by atoms with van der Waals surface area (Å²) in [5.74, 6) is 0.179. The predicted octanol–water partition coefficient (Wildman–Crippen LogP) is 2.51. The highest BCUT2D eigenvalue weighted by molar-refractivity contribution is 5.80. The molecule has 3 aliphatic rings. The van der Waals surface area contributed by atoms with Crippen LogP contribution in [0.5, 0.6) is 0 Å². The fraction of sp³-hybridized carbons (Fsp3) is 0.619. The molecule has 5 heteroatoms. The van der Waals surface area contributed by atoms with Crippen LogP contribution in [0, 0.1) is 0 Å². The van der Waals surface area contributed by atoms with Gasteiger partial charge in [-0.3, -0.25) is 4.79 Å². The zero-order valence-electron chi connectivity index (χ0n) is 15.5. The molecule has 1 aromatic carbocycles. The Bertz CT molecular complexity index is 674. The lowest BCUT2D eigenvalue weighted by Gasteiger charge is -2.35. The summed E-state index contributed by atoms with van der Waals surface area (Å²) in [5.41, 5.74) is 3.99. The lowest BCUT2D eigenvalue weighted by Crippen LogP contribution is -2.54. The second-order valence-corrected chi connectivity index (χ2v) is 7.93. The molecule has 1 heterocycles. The summed E-state index contributed by atoms with van der Waals surface area (Å²) < 4.78 is 0. The van der Waals surface area contributed by atoms with Crippen molar-refractivity contribution in [2.45, 2.75) is 57.4 Å². The van der Waals surface area contributed by atoms with Gasteiger partial charge in [-0.15, -0.1) is 0 Å². The summed E-state index contributed by atoms with van der Waals surface area (Å²) in [6, 6.07) is 6.90. The number of nitrogens with zero attached hydrogens (tertiary/aromatic N) is 2. The van der Waals surface area contributed by atoms with E-state index in [1.165, 1.54) is 36.8 Å². The molecular weight excluding hydrogens is 326 g/mol. The Morgan fingerprint density at radius 3 is 2.38 bits per heavy atom. The van der Waals surface area contributed by atoms with Crippen molar-refractivity contribution >= 4 is 11.9 Å². The van der Waals surface area contributed by atoms with Crippen LogP contribution >= 0.6 is 0 Å². The summed E-state index contributed by atoms with van der Waals surface area (Å²) in [6.45, 7) is 2.55. The van der Waals surface area contributed by atoms with Gasteiger partial charge in [0.2, 0.25) is 5.91 Å². The molecule has 140 valence electrons. The molecule has 1 saturated heterocycles. The zero-order valence-corrected chi connectivity index (χ0v) is 15.5. The SMILES string of the molecule is O=C(Cc1ccc2c(c1)CCC2)N1CCN(C(=O)NC2CCCC2)CC1. The van der Waals surface area contributed by atoms with Gasteiger partial charge in [0.15, 0.2) is 0 Å². The minimum atomic E-state index is 0.0441. The largest absolute Gasteiger partial charge is 0.339 e. The van der Waals surface area contributed by atoms with Crippen LogP contribution in [0.15, 0.2) is 18.2 Å². The number of carbonyl (C=O) groups excluding carboxylic acids is 2. The summed E-state index contributed by atoms with van der Waals surface area (Å²) in [5, 5.41) is 3.14. The Morgan fingerprint density at radius 2 is 1.62 bits per heavy atom. The first-order valence-corrected chi connectivity index (χ1v) is 10.1. The van der Waals surface area contributed by atoms with Gasteiger partial charge in [0.05, 0.1) is 6.42 Å². The van der Waals surface area contributed by atoms with Crippen molar-refractivity contribution in [1.82, 2.24) is 15.1 Å². The molecule has 0 bridgehead atoms. The number of hydrogen-bond acceptors (Lipinski definition) is 2. The molecular formula is C21H29N3O2. The molecule has 1 N–H and O–H groups in total. The highest BCUT2D eigenvalue weighted by atomic mass is 16.2. The number of benzene rings is 1. The zero-order chi connectivity index (χ0) is 17.9. The second-order valence-electron chi connectivity index (χ2n) is 7.93. The van der Waals surface area contributed by atoms with E-state index in [0.717, 1.165) is 24.8 Å². The highest BCUT2D eigenvalue weighted by Gasteiger charge is 2.26. The first-order chi connectivity index (χ1) is 12.7. The average molecular weight is 355 g/mol. The maximum atomic E-state index is 12.6. The van der Waals surface area contributed by atoms with Crippen molar-refractivity contribution in [3.63, 3.8) is 0 Å². The molecule has 0 aromatic heterocycles. The van der Waals surface area contributed by atoms with E-state index in [4.69, 9.17) is 0 Å². The van der Waals surface area contributed by atoms with Crippen LogP contribution in [0.4, 0.5) is 4.79 Å². The summed E-state index contributed by atoms with van der Waals surface area (Å²) in [6.07, 6.45) is 8.67. The van der Waals surface area contributed by atoms with Gasteiger partial charge in [-0.05, 0) is 48.8 Å². The number of carbonyl (C=O) groups is 2. The molecule has 1 aromatic rings. The van der Waals surface area contributed by atoms with Crippen molar-refractivity contribution < 1.29 is 9.59 Å². The van der Waals surface area contributed by atoms with E-state index in [1.807, 2.05) is 9.80 Å². The van der Waals surface area contributed by atoms with Crippen LogP contribution in [0.1, 0.15) is 48.8 Å². The lowest BCUT2D eigenvalue weighted by molar-refractivity contribution is -0.131. The van der Waals surface area contributed by atoms with Gasteiger partial charge in [0, 0.05) is 32.2 Å². The fourth-order valence-corrected chi connectivity index (χ4v) is 4.52. The molecule has 4 rings (SSSR count). The Morgan fingerprint density at radius 1 is 0.923 bits per heavy atom. The minimum absolute atomic E-state index is 0.0441. The van der Waals surface area contributed by atoms with Crippen molar-refractivity contribution in [2.24, 2.45) is 0 Å². The maximum Gasteiger partial charge on any atom is 0.317 e. The Kier molecular flexibility index (Phi) is 5.14. The second kappa shape index (κ2) is 7.68. The molecule has 0 spiro atoms. The third-order valence-corrected chi connectivity index (χ3v) is 6.12. The van der Waals surface area contributed by atoms with Gasteiger partial charge in [-0.25, -0.2) is 4.79 Å². The van der Waals surface area contributed by atoms with Crippen LogP contribution in [-0.4, -0.2) is 54.0 Å². The predicted molar refractivity (Wildman–Crippen MR) is 101 cm³/mol. The van der Waals surface area contributed by atoms with Gasteiger partial charge in [0.25, 0.3) is 0 Å². The van der Waals surface area contributed by atoms with Crippen LogP contribution in [0.2, 0.25) is 0 Å². The first kappa shape index (κ1) is 17.4. The van der Waals surface area contributed by atoms with Gasteiger partial charge < -0.3 is 15.1 Å². The van der Waals surface area contributed by atoms with Crippen LogP contribution in [0.25, 0.3) is 0 Å². The molecule has 2 fully saturated rings. The third-order valence-electron chi connectivity index (χ3n) is 6.12. The van der Waals surface area contributed by atoms with Gasteiger partial charge in [0.1, 0.15) is 0 Å². The van der Waals surface area contributed by atoms with Gasteiger partial charge in [-0.2, -0.15) is 0 Å². The number of rotatable bonds is 3. The van der Waals surface area contributed by atoms with Crippen molar-refractivity contribution in [3.05, 3.63) is 34.9 Å². The third kappa shape index (κ3) is 3.87. The number of piperazine rings is 1. The molecule has 0 atom stereocenters. The molecule has 26 heavy (non-hydrogen) atoms. The average Bonchev–Trinajstić information content (AvgIpc) is 3.33. The van der Waals surface area contributed by atoms with Gasteiger partial charge in [-0.1, -0.05) is 31.0 Å². The normalized spacial score (nSPS) is 20.3. The van der Waals surface area contributed by atoms with Crippen molar-refractivity contribution in [1.29, 1.82) is 0 Å². The molecule has 5 nitrogen and oxygen atoms in total. The lowest BCUT2D eigenvalue weighted by atomic mass is 10.0. The molecule has 0 radical (unpaired) electrons. The number of fused-ring (bicyclic) bond motifs is 1. The Balaban J connectivity index is 1.26. The number of amides is 3. The van der Waals surface area contributed by atoms with E-state index >= 15 is 0 Å². The molecule has 1 aliphatic heterocycles. The quantitative estimate of drug-likeness (QED) is 0.906. The molecule has 1 saturated carbocycles. The van der Waals surface area contributed by atoms with Crippen LogP contribution in [-0.2, 0) is 24.1 Å². The summed E-state index contributed by atoms with van der Waals surface area (Å²) in [7, 11) is 0. The number of aryl methyl sites for hydroxylation is 2. The topological polar surface area (TPSA) is 52.7 Å². The van der Waals surface area contributed by atoms with E-state index in [-0.39, 0.29) is 11.9 Å². The van der Waals surface area contributed by atoms with Crippen LogP contribution in [0.3, 0.4) is 0 Å². The van der Waals surface area contributed by atoms with E-state index in [9.17, 15) is 9.59 Å². The minimum Gasteiger partial charge on any atom is -0.339 e. The monoisotopic (exact) mass is 355 g/mol. The maximum absolute atomic E-state index is 12.6. The number of urea groups is 1. The first-order valence-electron chi connectivity index (χ1n) is 10.1.